The van der Waals surface area contributed by atoms with Crippen molar-refractivity contribution in [1.29, 1.82) is 0 Å². The van der Waals surface area contributed by atoms with E-state index in [1.165, 1.54) is 6.07 Å². The molecule has 1 aromatic rings. The molecule has 0 amide bonds. The fourth-order valence-corrected chi connectivity index (χ4v) is 2.11. The molecular weight excluding hydrogens is 260 g/mol. The van der Waals surface area contributed by atoms with Crippen LogP contribution in [0.1, 0.15) is 18.6 Å². The standard InChI is InChI=1S/C12H17F2NO2S/c1-2-18(17)6-5-15-8-12(16)10-4-3-9(13)7-11(10)14/h3-4,7,12,15-16H,2,5-6,8H2,1H3. The van der Waals surface area contributed by atoms with Gasteiger partial charge in [-0.05, 0) is 6.07 Å². The minimum absolute atomic E-state index is 0.0560. The van der Waals surface area contributed by atoms with Gasteiger partial charge in [0.2, 0.25) is 0 Å². The van der Waals surface area contributed by atoms with Crippen LogP contribution in [-0.4, -0.2) is 33.9 Å². The summed E-state index contributed by atoms with van der Waals surface area (Å²) in [6.45, 7) is 2.46. The summed E-state index contributed by atoms with van der Waals surface area (Å²) in [6.07, 6.45) is -1.04. The van der Waals surface area contributed by atoms with Gasteiger partial charge >= 0.3 is 0 Å². The summed E-state index contributed by atoms with van der Waals surface area (Å²) in [5, 5.41) is 12.6. The predicted molar refractivity (Wildman–Crippen MR) is 67.7 cm³/mol. The summed E-state index contributed by atoms with van der Waals surface area (Å²) in [4.78, 5) is 0. The molecule has 0 aliphatic carbocycles. The summed E-state index contributed by atoms with van der Waals surface area (Å²) in [5.74, 6) is -0.345. The highest BCUT2D eigenvalue weighted by molar-refractivity contribution is 7.84. The van der Waals surface area contributed by atoms with Gasteiger partial charge in [-0.1, -0.05) is 13.0 Å². The van der Waals surface area contributed by atoms with E-state index in [4.69, 9.17) is 0 Å². The second kappa shape index (κ2) is 7.56. The summed E-state index contributed by atoms with van der Waals surface area (Å²) in [5.41, 5.74) is 0.0560. The Kier molecular flexibility index (Phi) is 6.38. The molecule has 0 bridgehead atoms. The van der Waals surface area contributed by atoms with Crippen molar-refractivity contribution in [3.05, 3.63) is 35.4 Å². The molecule has 0 aliphatic rings. The van der Waals surface area contributed by atoms with E-state index in [0.29, 0.717) is 18.1 Å². The zero-order valence-electron chi connectivity index (χ0n) is 10.2. The Balaban J connectivity index is 2.40. The number of aliphatic hydroxyl groups excluding tert-OH is 1. The first-order valence-corrected chi connectivity index (χ1v) is 7.22. The Labute approximate surface area is 108 Å². The maximum absolute atomic E-state index is 13.3. The van der Waals surface area contributed by atoms with E-state index < -0.39 is 28.5 Å². The Hall–Kier alpha value is -0.850. The lowest BCUT2D eigenvalue weighted by molar-refractivity contribution is 0.171. The second-order valence-corrected chi connectivity index (χ2v) is 5.68. The minimum atomic E-state index is -1.04. The molecule has 0 fully saturated rings. The van der Waals surface area contributed by atoms with Crippen molar-refractivity contribution in [2.45, 2.75) is 13.0 Å². The number of halogens is 2. The molecule has 0 aliphatic heterocycles. The van der Waals surface area contributed by atoms with Gasteiger partial charge in [0.25, 0.3) is 0 Å². The van der Waals surface area contributed by atoms with Gasteiger partial charge in [-0.2, -0.15) is 0 Å². The molecule has 1 rings (SSSR count). The Morgan fingerprint density at radius 3 is 2.78 bits per heavy atom. The number of hydrogen-bond acceptors (Lipinski definition) is 3. The fraction of sp³-hybridized carbons (Fsp3) is 0.500. The van der Waals surface area contributed by atoms with Gasteiger partial charge in [0, 0.05) is 47.0 Å². The molecule has 2 unspecified atom stereocenters. The van der Waals surface area contributed by atoms with Crippen molar-refractivity contribution >= 4 is 10.8 Å². The molecule has 0 saturated carbocycles. The highest BCUT2D eigenvalue weighted by atomic mass is 32.2. The normalized spacial score (nSPS) is 14.4. The molecule has 0 heterocycles. The molecule has 18 heavy (non-hydrogen) atoms. The van der Waals surface area contributed by atoms with Gasteiger partial charge in [-0.25, -0.2) is 8.78 Å². The van der Waals surface area contributed by atoms with E-state index in [-0.39, 0.29) is 12.1 Å². The summed E-state index contributed by atoms with van der Waals surface area (Å²) < 4.78 is 37.1. The fourth-order valence-electron chi connectivity index (χ4n) is 1.45. The van der Waals surface area contributed by atoms with Gasteiger partial charge in [0.1, 0.15) is 11.6 Å². The van der Waals surface area contributed by atoms with Crippen molar-refractivity contribution < 1.29 is 18.1 Å². The van der Waals surface area contributed by atoms with Crippen LogP contribution in [0.15, 0.2) is 18.2 Å². The topological polar surface area (TPSA) is 49.3 Å². The molecule has 0 saturated heterocycles. The van der Waals surface area contributed by atoms with E-state index in [2.05, 4.69) is 5.32 Å². The minimum Gasteiger partial charge on any atom is -0.387 e. The van der Waals surface area contributed by atoms with E-state index in [0.717, 1.165) is 12.1 Å². The van der Waals surface area contributed by atoms with Crippen molar-refractivity contribution in [1.82, 2.24) is 5.32 Å². The number of nitrogens with one attached hydrogen (secondary N) is 1. The molecular formula is C12H17F2NO2S. The van der Waals surface area contributed by atoms with E-state index >= 15 is 0 Å². The molecule has 102 valence electrons. The molecule has 0 aromatic heterocycles. The third-order valence-electron chi connectivity index (χ3n) is 2.49. The lowest BCUT2D eigenvalue weighted by Crippen LogP contribution is -2.26. The highest BCUT2D eigenvalue weighted by Gasteiger charge is 2.12. The molecule has 0 radical (unpaired) electrons. The number of benzene rings is 1. The van der Waals surface area contributed by atoms with Gasteiger partial charge in [0.05, 0.1) is 6.10 Å². The van der Waals surface area contributed by atoms with Crippen LogP contribution in [0.3, 0.4) is 0 Å². The van der Waals surface area contributed by atoms with Crippen LogP contribution < -0.4 is 5.32 Å². The van der Waals surface area contributed by atoms with E-state index in [9.17, 15) is 18.1 Å². The first-order chi connectivity index (χ1) is 8.54. The SMILES string of the molecule is CCS(=O)CCNCC(O)c1ccc(F)cc1F. The maximum atomic E-state index is 13.3. The van der Waals surface area contributed by atoms with Crippen molar-refractivity contribution in [3.8, 4) is 0 Å². The molecule has 2 N–H and O–H groups in total. The second-order valence-electron chi connectivity index (χ2n) is 3.82. The Morgan fingerprint density at radius 1 is 1.44 bits per heavy atom. The van der Waals surface area contributed by atoms with Crippen LogP contribution >= 0.6 is 0 Å². The van der Waals surface area contributed by atoms with Crippen molar-refractivity contribution in [2.75, 3.05) is 24.6 Å². The summed E-state index contributed by atoms with van der Waals surface area (Å²) >= 11 is 0. The first kappa shape index (κ1) is 15.2. The van der Waals surface area contributed by atoms with E-state index in [1.807, 2.05) is 6.92 Å². The first-order valence-electron chi connectivity index (χ1n) is 5.73. The number of hydrogen-bond donors (Lipinski definition) is 2. The highest BCUT2D eigenvalue weighted by Crippen LogP contribution is 2.17. The Bertz CT molecular complexity index is 415. The van der Waals surface area contributed by atoms with Gasteiger partial charge in [-0.15, -0.1) is 0 Å². The van der Waals surface area contributed by atoms with Crippen LogP contribution in [0.4, 0.5) is 8.78 Å². The molecule has 0 spiro atoms. The molecule has 1 aromatic carbocycles. The Morgan fingerprint density at radius 2 is 2.17 bits per heavy atom. The number of aliphatic hydroxyl groups is 1. The molecule has 6 heteroatoms. The van der Waals surface area contributed by atoms with E-state index in [1.54, 1.807) is 0 Å². The summed E-state index contributed by atoms with van der Waals surface area (Å²) in [6, 6.07) is 3.07. The van der Waals surface area contributed by atoms with Crippen LogP contribution in [0.2, 0.25) is 0 Å². The van der Waals surface area contributed by atoms with Gasteiger partial charge < -0.3 is 10.4 Å². The van der Waals surface area contributed by atoms with Crippen LogP contribution in [0, 0.1) is 11.6 Å². The zero-order valence-corrected chi connectivity index (χ0v) is 11.0. The lowest BCUT2D eigenvalue weighted by Gasteiger charge is -2.12. The average molecular weight is 277 g/mol. The monoisotopic (exact) mass is 277 g/mol. The van der Waals surface area contributed by atoms with Crippen LogP contribution in [-0.2, 0) is 10.8 Å². The third-order valence-corrected chi connectivity index (χ3v) is 3.79. The maximum Gasteiger partial charge on any atom is 0.131 e. The lowest BCUT2D eigenvalue weighted by atomic mass is 10.1. The largest absolute Gasteiger partial charge is 0.387 e. The molecule has 2 atom stereocenters. The smallest absolute Gasteiger partial charge is 0.131 e. The van der Waals surface area contributed by atoms with Crippen LogP contribution in [0.5, 0.6) is 0 Å². The van der Waals surface area contributed by atoms with Crippen LogP contribution in [0.25, 0.3) is 0 Å². The van der Waals surface area contributed by atoms with Crippen molar-refractivity contribution in [3.63, 3.8) is 0 Å². The quantitative estimate of drug-likeness (QED) is 0.740. The van der Waals surface area contributed by atoms with Crippen molar-refractivity contribution in [2.24, 2.45) is 0 Å². The third kappa shape index (κ3) is 4.80. The zero-order chi connectivity index (χ0) is 13.5. The predicted octanol–water partition coefficient (Wildman–Crippen LogP) is 1.36. The summed E-state index contributed by atoms with van der Waals surface area (Å²) in [7, 11) is -0.861. The van der Waals surface area contributed by atoms with Gasteiger partial charge in [-0.3, -0.25) is 4.21 Å². The molecule has 3 nitrogen and oxygen atoms in total. The van der Waals surface area contributed by atoms with Gasteiger partial charge in [0.15, 0.2) is 0 Å². The number of rotatable bonds is 7. The average Bonchev–Trinajstić information content (AvgIpc) is 2.34.